The zero-order valence-corrected chi connectivity index (χ0v) is 12.6. The lowest BCUT2D eigenvalue weighted by Gasteiger charge is -2.22. The van der Waals surface area contributed by atoms with Gasteiger partial charge in [-0.15, -0.1) is 11.3 Å². The Kier molecular flexibility index (Phi) is 3.07. The second-order valence-electron chi connectivity index (χ2n) is 5.31. The number of imidazole rings is 1. The Bertz CT molecular complexity index is 827. The number of nitro groups is 1. The van der Waals surface area contributed by atoms with E-state index in [1.165, 1.54) is 4.88 Å². The second kappa shape index (κ2) is 5.10. The molecule has 1 atom stereocenters. The maximum absolute atomic E-state index is 11.6. The van der Waals surface area contributed by atoms with E-state index in [1.807, 2.05) is 17.5 Å². The van der Waals surface area contributed by atoms with Gasteiger partial charge in [0.2, 0.25) is 11.5 Å². The van der Waals surface area contributed by atoms with E-state index in [2.05, 4.69) is 16.0 Å². The molecular formula is C15H14N4O2S. The molecule has 1 fully saturated rings. The molecule has 22 heavy (non-hydrogen) atoms. The van der Waals surface area contributed by atoms with E-state index in [9.17, 15) is 10.1 Å². The lowest BCUT2D eigenvalue weighted by atomic mass is 10.2. The highest BCUT2D eigenvalue weighted by Crippen LogP contribution is 2.41. The van der Waals surface area contributed by atoms with Crippen LogP contribution >= 0.6 is 11.3 Å². The first-order valence-electron chi connectivity index (χ1n) is 7.17. The highest BCUT2D eigenvalue weighted by atomic mass is 32.1. The first-order chi connectivity index (χ1) is 10.8. The second-order valence-corrected chi connectivity index (χ2v) is 6.29. The van der Waals surface area contributed by atoms with Crippen LogP contribution in [0.3, 0.4) is 0 Å². The summed E-state index contributed by atoms with van der Waals surface area (Å²) in [6, 6.07) is 9.72. The average molecular weight is 314 g/mol. The van der Waals surface area contributed by atoms with Gasteiger partial charge in [-0.25, -0.2) is 0 Å². The fourth-order valence-corrected chi connectivity index (χ4v) is 4.00. The molecule has 4 rings (SSSR count). The van der Waals surface area contributed by atoms with Gasteiger partial charge in [0.05, 0.1) is 12.2 Å². The van der Waals surface area contributed by atoms with Gasteiger partial charge in [-0.05, 0) is 35.3 Å². The van der Waals surface area contributed by atoms with Gasteiger partial charge in [0.25, 0.3) is 0 Å². The fraction of sp³-hybridized carbons (Fsp3) is 0.267. The molecule has 7 heteroatoms. The Balaban J connectivity index is 1.86. The van der Waals surface area contributed by atoms with E-state index in [0.717, 1.165) is 19.4 Å². The highest BCUT2D eigenvalue weighted by molar-refractivity contribution is 7.10. The van der Waals surface area contributed by atoms with Crippen LogP contribution in [0.1, 0.15) is 23.8 Å². The predicted octanol–water partition coefficient (Wildman–Crippen LogP) is 3.65. The van der Waals surface area contributed by atoms with Crippen molar-refractivity contribution in [3.8, 4) is 0 Å². The summed E-state index contributed by atoms with van der Waals surface area (Å²) in [6.45, 7) is 0.799. The molecule has 112 valence electrons. The Morgan fingerprint density at radius 2 is 2.23 bits per heavy atom. The van der Waals surface area contributed by atoms with Gasteiger partial charge in [-0.3, -0.25) is 0 Å². The third-order valence-electron chi connectivity index (χ3n) is 4.06. The molecule has 6 nitrogen and oxygen atoms in total. The van der Waals surface area contributed by atoms with Crippen molar-refractivity contribution in [1.29, 1.82) is 0 Å². The van der Waals surface area contributed by atoms with Crippen LogP contribution in [0, 0.1) is 10.1 Å². The van der Waals surface area contributed by atoms with E-state index in [1.54, 1.807) is 34.1 Å². The van der Waals surface area contributed by atoms with Crippen LogP contribution in [0.4, 0.5) is 11.6 Å². The van der Waals surface area contributed by atoms with Crippen molar-refractivity contribution in [1.82, 2.24) is 9.38 Å². The molecule has 1 aliphatic rings. The van der Waals surface area contributed by atoms with Gasteiger partial charge in [-0.2, -0.15) is 9.38 Å². The number of pyridine rings is 1. The summed E-state index contributed by atoms with van der Waals surface area (Å²) in [4.78, 5) is 19.1. The molecule has 1 aliphatic heterocycles. The third kappa shape index (κ3) is 1.97. The maximum Gasteiger partial charge on any atom is 0.372 e. The smallest absolute Gasteiger partial charge is 0.358 e. The predicted molar refractivity (Wildman–Crippen MR) is 85.5 cm³/mol. The zero-order chi connectivity index (χ0) is 15.1. The summed E-state index contributed by atoms with van der Waals surface area (Å²) >= 11 is 1.69. The van der Waals surface area contributed by atoms with Crippen LogP contribution in [0.15, 0.2) is 41.9 Å². The van der Waals surface area contributed by atoms with Crippen molar-refractivity contribution in [3.63, 3.8) is 0 Å². The summed E-state index contributed by atoms with van der Waals surface area (Å²) in [7, 11) is 0. The minimum atomic E-state index is -0.334. The van der Waals surface area contributed by atoms with Crippen LogP contribution in [0.25, 0.3) is 5.65 Å². The Morgan fingerprint density at radius 1 is 1.32 bits per heavy atom. The summed E-state index contributed by atoms with van der Waals surface area (Å²) in [5.74, 6) is 0.533. The Hall–Kier alpha value is -2.41. The molecule has 0 aliphatic carbocycles. The molecule has 0 aromatic carbocycles. The van der Waals surface area contributed by atoms with E-state index in [0.29, 0.717) is 11.5 Å². The molecule has 4 heterocycles. The highest BCUT2D eigenvalue weighted by Gasteiger charge is 2.35. The minimum Gasteiger partial charge on any atom is -0.358 e. The molecule has 0 amide bonds. The summed E-state index contributed by atoms with van der Waals surface area (Å²) in [5.41, 5.74) is 0.612. The molecule has 0 saturated carbocycles. The van der Waals surface area contributed by atoms with Gasteiger partial charge in [0.1, 0.15) is 0 Å². The summed E-state index contributed by atoms with van der Waals surface area (Å²) in [5, 5.41) is 13.6. The van der Waals surface area contributed by atoms with Crippen molar-refractivity contribution in [2.24, 2.45) is 0 Å². The molecule has 3 aromatic heterocycles. The van der Waals surface area contributed by atoms with E-state index >= 15 is 0 Å². The van der Waals surface area contributed by atoms with Gasteiger partial charge >= 0.3 is 5.82 Å². The quantitative estimate of drug-likeness (QED) is 0.547. The van der Waals surface area contributed by atoms with Crippen molar-refractivity contribution in [3.05, 3.63) is 56.9 Å². The molecule has 0 spiro atoms. The summed E-state index contributed by atoms with van der Waals surface area (Å²) < 4.78 is 1.55. The number of anilines is 1. The van der Waals surface area contributed by atoms with Crippen molar-refractivity contribution < 1.29 is 4.92 Å². The van der Waals surface area contributed by atoms with Crippen molar-refractivity contribution in [2.75, 3.05) is 11.4 Å². The van der Waals surface area contributed by atoms with Gasteiger partial charge in [0, 0.05) is 17.5 Å². The number of aromatic nitrogens is 2. The van der Waals surface area contributed by atoms with Crippen LogP contribution in [-0.2, 0) is 0 Å². The molecule has 1 unspecified atom stereocenters. The molecule has 1 saturated heterocycles. The van der Waals surface area contributed by atoms with E-state index in [4.69, 9.17) is 0 Å². The van der Waals surface area contributed by atoms with Gasteiger partial charge < -0.3 is 15.0 Å². The van der Waals surface area contributed by atoms with E-state index in [-0.39, 0.29) is 16.8 Å². The SMILES string of the molecule is O=[N+]([O-])c1c(N2CCCC2c2cccs2)nc2ccccn12. The lowest BCUT2D eigenvalue weighted by Crippen LogP contribution is -2.23. The largest absolute Gasteiger partial charge is 0.372 e. The maximum atomic E-state index is 11.6. The molecule has 3 aromatic rings. The Morgan fingerprint density at radius 3 is 3.00 bits per heavy atom. The molecule has 0 radical (unpaired) electrons. The monoisotopic (exact) mass is 314 g/mol. The first kappa shape index (κ1) is 13.3. The summed E-state index contributed by atoms with van der Waals surface area (Å²) in [6.07, 6.45) is 3.72. The van der Waals surface area contributed by atoms with E-state index < -0.39 is 0 Å². The fourth-order valence-electron chi connectivity index (χ4n) is 3.13. The third-order valence-corrected chi connectivity index (χ3v) is 5.03. The van der Waals surface area contributed by atoms with Gasteiger partial charge in [0.15, 0.2) is 0 Å². The average Bonchev–Trinajstić information content (AvgIpc) is 3.24. The number of thiophene rings is 1. The molecule has 0 N–H and O–H groups in total. The van der Waals surface area contributed by atoms with Crippen LogP contribution < -0.4 is 4.90 Å². The normalized spacial score (nSPS) is 18.2. The number of fused-ring (bicyclic) bond motifs is 1. The number of nitrogens with zero attached hydrogens (tertiary/aromatic N) is 4. The topological polar surface area (TPSA) is 63.7 Å². The van der Waals surface area contributed by atoms with Crippen LogP contribution in [0.5, 0.6) is 0 Å². The van der Waals surface area contributed by atoms with Crippen molar-refractivity contribution in [2.45, 2.75) is 18.9 Å². The molecular weight excluding hydrogens is 300 g/mol. The number of hydrogen-bond donors (Lipinski definition) is 0. The van der Waals surface area contributed by atoms with Crippen LogP contribution in [-0.4, -0.2) is 20.9 Å². The standard InChI is InChI=1S/C15H14N4O2S/c20-19(21)15-14(16-13-7-1-2-8-18(13)15)17-9-3-5-11(17)12-6-4-10-22-12/h1-2,4,6-8,10-11H,3,5,9H2. The van der Waals surface area contributed by atoms with Crippen molar-refractivity contribution >= 4 is 28.6 Å². The minimum absolute atomic E-state index is 0.0547. The lowest BCUT2D eigenvalue weighted by molar-refractivity contribution is -0.389. The first-order valence-corrected chi connectivity index (χ1v) is 8.05. The molecule has 0 bridgehead atoms. The van der Waals surface area contributed by atoms with Gasteiger partial charge in [-0.1, -0.05) is 12.1 Å². The zero-order valence-electron chi connectivity index (χ0n) is 11.8. The van der Waals surface area contributed by atoms with Crippen LogP contribution in [0.2, 0.25) is 0 Å². The number of hydrogen-bond acceptors (Lipinski definition) is 5. The Labute approximate surface area is 130 Å². The number of rotatable bonds is 3.